The van der Waals surface area contributed by atoms with Gasteiger partial charge >= 0.3 is 0 Å². The van der Waals surface area contributed by atoms with Crippen LogP contribution in [0.5, 0.6) is 0 Å². The van der Waals surface area contributed by atoms with Gasteiger partial charge in [0.05, 0.1) is 0 Å². The van der Waals surface area contributed by atoms with E-state index in [9.17, 15) is 0 Å². The minimum Gasteiger partial charge on any atom is -0.0616 e. The minimum atomic E-state index is 1.28. The predicted octanol–water partition coefficient (Wildman–Crippen LogP) is 9.12. The van der Waals surface area contributed by atoms with Gasteiger partial charge in [-0.15, -0.1) is 0 Å². The molecule has 0 saturated carbocycles. The lowest BCUT2D eigenvalue weighted by atomic mass is 9.90. The fraction of sp³-hybridized carbons (Fsp3) is 0. The van der Waals surface area contributed by atoms with E-state index in [0.29, 0.717) is 0 Å². The molecule has 0 aliphatic carbocycles. The Morgan fingerprint density at radius 3 is 1.62 bits per heavy atom. The summed E-state index contributed by atoms with van der Waals surface area (Å²) in [6.45, 7) is 0. The van der Waals surface area contributed by atoms with Gasteiger partial charge in [0.25, 0.3) is 0 Å². The zero-order valence-electron chi connectivity index (χ0n) is 17.5. The first kappa shape index (κ1) is 17.5. The van der Waals surface area contributed by atoms with Crippen LogP contribution >= 0.6 is 0 Å². The van der Waals surface area contributed by atoms with Crippen molar-refractivity contribution in [3.05, 3.63) is 121 Å². The lowest BCUT2D eigenvalue weighted by Gasteiger charge is -2.13. The summed E-state index contributed by atoms with van der Waals surface area (Å²) < 4.78 is 0. The van der Waals surface area contributed by atoms with E-state index in [-0.39, 0.29) is 0 Å². The Bertz CT molecular complexity index is 1820. The van der Waals surface area contributed by atoms with E-state index >= 15 is 0 Å². The van der Waals surface area contributed by atoms with Crippen molar-refractivity contribution in [3.8, 4) is 11.1 Å². The molecule has 0 bridgehead atoms. The van der Waals surface area contributed by atoms with Crippen LogP contribution in [0.3, 0.4) is 0 Å². The molecule has 7 rings (SSSR count). The quantitative estimate of drug-likeness (QED) is 0.189. The van der Waals surface area contributed by atoms with Crippen LogP contribution in [-0.4, -0.2) is 0 Å². The summed E-state index contributed by atoms with van der Waals surface area (Å²) in [4.78, 5) is 0. The normalized spacial score (nSPS) is 11.8. The molecule has 148 valence electrons. The maximum atomic E-state index is 2.37. The van der Waals surface area contributed by atoms with Crippen LogP contribution in [0.25, 0.3) is 65.0 Å². The zero-order chi connectivity index (χ0) is 21.1. The van der Waals surface area contributed by atoms with Crippen LogP contribution in [0.2, 0.25) is 0 Å². The highest BCUT2D eigenvalue weighted by Crippen LogP contribution is 2.38. The molecular weight excluding hydrogens is 384 g/mol. The third-order valence-corrected chi connectivity index (χ3v) is 6.78. The highest BCUT2D eigenvalue weighted by molar-refractivity contribution is 6.15. The average Bonchev–Trinajstić information content (AvgIpc) is 2.85. The predicted molar refractivity (Wildman–Crippen MR) is 139 cm³/mol. The summed E-state index contributed by atoms with van der Waals surface area (Å²) in [5.41, 5.74) is 2.58. The monoisotopic (exact) mass is 404 g/mol. The third kappa shape index (κ3) is 2.57. The van der Waals surface area contributed by atoms with Gasteiger partial charge in [-0.2, -0.15) is 0 Å². The molecule has 0 heterocycles. The summed E-state index contributed by atoms with van der Waals surface area (Å²) in [5.74, 6) is 0. The van der Waals surface area contributed by atoms with Gasteiger partial charge in [0.15, 0.2) is 0 Å². The summed E-state index contributed by atoms with van der Waals surface area (Å²) in [7, 11) is 0. The highest BCUT2D eigenvalue weighted by atomic mass is 14.1. The van der Waals surface area contributed by atoms with Crippen LogP contribution in [-0.2, 0) is 0 Å². The molecule has 0 unspecified atom stereocenters. The molecule has 0 spiro atoms. The maximum absolute atomic E-state index is 2.37. The number of benzene rings is 7. The third-order valence-electron chi connectivity index (χ3n) is 6.78. The Morgan fingerprint density at radius 2 is 0.812 bits per heavy atom. The largest absolute Gasteiger partial charge is 0.0616 e. The van der Waals surface area contributed by atoms with Crippen molar-refractivity contribution in [3.63, 3.8) is 0 Å². The molecule has 0 aliphatic heterocycles. The molecule has 0 nitrogen and oxygen atoms in total. The van der Waals surface area contributed by atoms with E-state index in [1.807, 2.05) is 0 Å². The molecule has 0 aliphatic rings. The Morgan fingerprint density at radius 1 is 0.250 bits per heavy atom. The molecule has 0 amide bonds. The lowest BCUT2D eigenvalue weighted by molar-refractivity contribution is 1.71. The molecular formula is C32H20. The molecule has 0 atom stereocenters. The van der Waals surface area contributed by atoms with E-state index in [2.05, 4.69) is 121 Å². The van der Waals surface area contributed by atoms with E-state index in [1.54, 1.807) is 0 Å². The van der Waals surface area contributed by atoms with Gasteiger partial charge in [0.1, 0.15) is 0 Å². The van der Waals surface area contributed by atoms with Crippen LogP contribution in [0.1, 0.15) is 0 Å². The molecule has 0 N–H and O–H groups in total. The van der Waals surface area contributed by atoms with Gasteiger partial charge in [-0.1, -0.05) is 97.1 Å². The van der Waals surface area contributed by atoms with Crippen LogP contribution in [0.4, 0.5) is 0 Å². The second-order valence-corrected chi connectivity index (χ2v) is 8.61. The lowest BCUT2D eigenvalue weighted by Crippen LogP contribution is -1.86. The van der Waals surface area contributed by atoms with Gasteiger partial charge in [-0.05, 0) is 89.3 Å². The molecule has 0 saturated heterocycles. The number of rotatable bonds is 1. The topological polar surface area (TPSA) is 0 Å². The van der Waals surface area contributed by atoms with Gasteiger partial charge in [-0.25, -0.2) is 0 Å². The number of hydrogen-bond donors (Lipinski definition) is 0. The maximum Gasteiger partial charge on any atom is -0.00987 e. The first-order chi connectivity index (χ1) is 15.8. The van der Waals surface area contributed by atoms with Crippen molar-refractivity contribution in [2.45, 2.75) is 0 Å². The van der Waals surface area contributed by atoms with E-state index in [1.165, 1.54) is 65.0 Å². The summed E-state index contributed by atoms with van der Waals surface area (Å²) in [6, 6.07) is 44.5. The first-order valence-corrected chi connectivity index (χ1v) is 11.1. The van der Waals surface area contributed by atoms with Crippen molar-refractivity contribution in [2.24, 2.45) is 0 Å². The van der Waals surface area contributed by atoms with Crippen molar-refractivity contribution < 1.29 is 0 Å². The second kappa shape index (κ2) is 6.67. The fourth-order valence-electron chi connectivity index (χ4n) is 5.23. The number of hydrogen-bond acceptors (Lipinski definition) is 0. The Balaban J connectivity index is 1.56. The summed E-state index contributed by atoms with van der Waals surface area (Å²) >= 11 is 0. The molecule has 0 aromatic heterocycles. The molecule has 0 radical (unpaired) electrons. The second-order valence-electron chi connectivity index (χ2n) is 8.61. The number of fused-ring (bicyclic) bond motifs is 6. The van der Waals surface area contributed by atoms with Gasteiger partial charge in [-0.3, -0.25) is 0 Å². The Labute approximate surface area is 186 Å². The Kier molecular flexibility index (Phi) is 3.65. The average molecular weight is 405 g/mol. The zero-order valence-corrected chi connectivity index (χ0v) is 17.5. The summed E-state index contributed by atoms with van der Waals surface area (Å²) in [6.07, 6.45) is 0. The van der Waals surface area contributed by atoms with Crippen molar-refractivity contribution in [1.82, 2.24) is 0 Å². The highest BCUT2D eigenvalue weighted by Gasteiger charge is 2.10. The van der Waals surface area contributed by atoms with Crippen LogP contribution in [0.15, 0.2) is 121 Å². The SMILES string of the molecule is c1ccc2cc3cc4c(-c5cccc6c5ccc5ccccc56)cccc4cc3cc2c1. The van der Waals surface area contributed by atoms with Gasteiger partial charge in [0.2, 0.25) is 0 Å². The van der Waals surface area contributed by atoms with Crippen LogP contribution < -0.4 is 0 Å². The van der Waals surface area contributed by atoms with Crippen molar-refractivity contribution in [2.75, 3.05) is 0 Å². The summed E-state index contributed by atoms with van der Waals surface area (Å²) in [5, 5.41) is 12.9. The van der Waals surface area contributed by atoms with Gasteiger partial charge < -0.3 is 0 Å². The van der Waals surface area contributed by atoms with E-state index in [0.717, 1.165) is 0 Å². The molecule has 7 aromatic carbocycles. The van der Waals surface area contributed by atoms with Crippen LogP contribution in [0, 0.1) is 0 Å². The fourth-order valence-corrected chi connectivity index (χ4v) is 5.23. The van der Waals surface area contributed by atoms with Crippen molar-refractivity contribution >= 4 is 53.9 Å². The van der Waals surface area contributed by atoms with E-state index < -0.39 is 0 Å². The van der Waals surface area contributed by atoms with Gasteiger partial charge in [0, 0.05) is 0 Å². The first-order valence-electron chi connectivity index (χ1n) is 11.1. The van der Waals surface area contributed by atoms with Crippen molar-refractivity contribution in [1.29, 1.82) is 0 Å². The molecule has 32 heavy (non-hydrogen) atoms. The van der Waals surface area contributed by atoms with E-state index in [4.69, 9.17) is 0 Å². The minimum absolute atomic E-state index is 1.28. The molecule has 0 heteroatoms. The smallest absolute Gasteiger partial charge is 0.00987 e. The molecule has 0 fully saturated rings. The molecule has 7 aromatic rings. The Hall–Kier alpha value is -4.16. The standard InChI is InChI=1S/C32H20/c1-2-9-23-18-26-20-32-24(19-25(26)17-22(23)8-1)10-5-12-30(32)29-14-6-13-28-27-11-4-3-7-21(27)15-16-31(28)29/h1-20H.